The third-order valence-electron chi connectivity index (χ3n) is 4.86. The summed E-state index contributed by atoms with van der Waals surface area (Å²) in [5.41, 5.74) is 2.10. The number of hydrogen-bond donors (Lipinski definition) is 1. The summed E-state index contributed by atoms with van der Waals surface area (Å²) in [6.45, 7) is 4.38. The number of carbonyl (C=O) groups is 1. The Morgan fingerprint density at radius 3 is 2.62 bits per heavy atom. The second kappa shape index (κ2) is 8.85. The Labute approximate surface area is 164 Å². The number of aromatic nitrogens is 1. The molecule has 1 saturated heterocycles. The van der Waals surface area contributed by atoms with Gasteiger partial charge in [-0.1, -0.05) is 35.3 Å². The van der Waals surface area contributed by atoms with Gasteiger partial charge in [-0.25, -0.2) is 0 Å². The van der Waals surface area contributed by atoms with Crippen molar-refractivity contribution in [2.24, 2.45) is 5.92 Å². The van der Waals surface area contributed by atoms with Crippen LogP contribution in [0.3, 0.4) is 0 Å². The Morgan fingerprint density at radius 2 is 2.00 bits per heavy atom. The van der Waals surface area contributed by atoms with E-state index >= 15 is 0 Å². The van der Waals surface area contributed by atoms with Gasteiger partial charge in [0, 0.05) is 19.7 Å². The molecule has 3 rings (SSSR count). The van der Waals surface area contributed by atoms with Crippen LogP contribution in [0.5, 0.6) is 0 Å². The Balaban J connectivity index is 1.62. The number of nitrogens with one attached hydrogen (secondary N) is 1. The summed E-state index contributed by atoms with van der Waals surface area (Å²) in [6, 6.07) is 11.6. The maximum absolute atomic E-state index is 11.7. The van der Waals surface area contributed by atoms with Gasteiger partial charge in [-0.3, -0.25) is 14.7 Å². The SMILES string of the molecule is CC(=O)N[C@H](c1ccccn1)C1CCN(Cc2ccc(Cl)c(Cl)c2)CC1. The minimum absolute atomic E-state index is 0.0149. The van der Waals surface area contributed by atoms with E-state index in [2.05, 4.69) is 15.2 Å². The lowest BCUT2D eigenvalue weighted by Gasteiger charge is -2.36. The fourth-order valence-electron chi connectivity index (χ4n) is 3.55. The zero-order chi connectivity index (χ0) is 18.5. The Morgan fingerprint density at radius 1 is 1.23 bits per heavy atom. The molecule has 0 saturated carbocycles. The molecule has 0 aliphatic carbocycles. The average Bonchev–Trinajstić information content (AvgIpc) is 2.64. The molecule has 1 aromatic heterocycles. The molecule has 2 aromatic rings. The number of benzene rings is 1. The first-order valence-corrected chi connectivity index (χ1v) is 9.63. The number of rotatable bonds is 5. The van der Waals surface area contributed by atoms with E-state index < -0.39 is 0 Å². The monoisotopic (exact) mass is 391 g/mol. The minimum atomic E-state index is -0.0270. The molecule has 0 bridgehead atoms. The van der Waals surface area contributed by atoms with Gasteiger partial charge in [-0.15, -0.1) is 0 Å². The van der Waals surface area contributed by atoms with Crippen LogP contribution >= 0.6 is 23.2 Å². The van der Waals surface area contributed by atoms with Crippen molar-refractivity contribution in [2.75, 3.05) is 13.1 Å². The van der Waals surface area contributed by atoms with Crippen molar-refractivity contribution in [2.45, 2.75) is 32.4 Å². The summed E-state index contributed by atoms with van der Waals surface area (Å²) in [5.74, 6) is 0.373. The molecule has 1 aromatic carbocycles. The maximum atomic E-state index is 11.7. The van der Waals surface area contributed by atoms with Crippen LogP contribution < -0.4 is 5.32 Å². The minimum Gasteiger partial charge on any atom is -0.348 e. The molecule has 1 amide bonds. The van der Waals surface area contributed by atoms with Gasteiger partial charge in [-0.2, -0.15) is 0 Å². The van der Waals surface area contributed by atoms with Crippen molar-refractivity contribution in [3.63, 3.8) is 0 Å². The maximum Gasteiger partial charge on any atom is 0.217 e. The molecule has 1 aliphatic heterocycles. The van der Waals surface area contributed by atoms with Gasteiger partial charge >= 0.3 is 0 Å². The summed E-state index contributed by atoms with van der Waals surface area (Å²) in [7, 11) is 0. The second-order valence-corrected chi connectivity index (χ2v) is 7.61. The van der Waals surface area contributed by atoms with Crippen molar-refractivity contribution >= 4 is 29.1 Å². The standard InChI is InChI=1S/C20H23Cl2N3O/c1-14(26)24-20(19-4-2-3-9-23-19)16-7-10-25(11-8-16)13-15-5-6-17(21)18(22)12-15/h2-6,9,12,16,20H,7-8,10-11,13H2,1H3,(H,24,26)/t20-/m0/s1. The Hall–Kier alpha value is -1.62. The highest BCUT2D eigenvalue weighted by Crippen LogP contribution is 2.31. The van der Waals surface area contributed by atoms with E-state index in [1.54, 1.807) is 13.1 Å². The van der Waals surface area contributed by atoms with Crippen molar-refractivity contribution in [3.05, 3.63) is 63.9 Å². The number of hydrogen-bond acceptors (Lipinski definition) is 3. The first-order chi connectivity index (χ1) is 12.5. The number of piperidine rings is 1. The summed E-state index contributed by atoms with van der Waals surface area (Å²) in [5, 5.41) is 4.27. The molecule has 0 spiro atoms. The van der Waals surface area contributed by atoms with Gasteiger partial charge in [0.1, 0.15) is 0 Å². The second-order valence-electron chi connectivity index (χ2n) is 6.79. The normalized spacial score (nSPS) is 17.0. The number of pyridine rings is 1. The molecule has 1 fully saturated rings. The molecule has 1 atom stereocenters. The highest BCUT2D eigenvalue weighted by Gasteiger charge is 2.29. The van der Waals surface area contributed by atoms with Gasteiger partial charge in [-0.05, 0) is 61.7 Å². The van der Waals surface area contributed by atoms with E-state index in [1.807, 2.05) is 36.4 Å². The quantitative estimate of drug-likeness (QED) is 0.816. The lowest BCUT2D eigenvalue weighted by molar-refractivity contribution is -0.120. The van der Waals surface area contributed by atoms with Crippen LogP contribution in [-0.4, -0.2) is 28.9 Å². The average molecular weight is 392 g/mol. The zero-order valence-electron chi connectivity index (χ0n) is 14.8. The molecule has 4 nitrogen and oxygen atoms in total. The first kappa shape index (κ1) is 19.2. The van der Waals surface area contributed by atoms with Crippen molar-refractivity contribution in [3.8, 4) is 0 Å². The number of likely N-dealkylation sites (tertiary alicyclic amines) is 1. The third-order valence-corrected chi connectivity index (χ3v) is 5.60. The van der Waals surface area contributed by atoms with E-state index in [1.165, 1.54) is 5.56 Å². The van der Waals surface area contributed by atoms with Crippen LogP contribution in [0.2, 0.25) is 10.0 Å². The molecule has 6 heteroatoms. The van der Waals surface area contributed by atoms with Crippen molar-refractivity contribution < 1.29 is 4.79 Å². The molecule has 1 N–H and O–H groups in total. The summed E-state index contributed by atoms with van der Waals surface area (Å²) in [6.07, 6.45) is 3.81. The number of amides is 1. The van der Waals surface area contributed by atoms with Crippen LogP contribution in [0.15, 0.2) is 42.6 Å². The van der Waals surface area contributed by atoms with Gasteiger partial charge in [0.15, 0.2) is 0 Å². The smallest absolute Gasteiger partial charge is 0.217 e. The van der Waals surface area contributed by atoms with Crippen LogP contribution in [0.4, 0.5) is 0 Å². The van der Waals surface area contributed by atoms with E-state index in [9.17, 15) is 4.79 Å². The lowest BCUT2D eigenvalue weighted by Crippen LogP contribution is -2.40. The highest BCUT2D eigenvalue weighted by atomic mass is 35.5. The van der Waals surface area contributed by atoms with Crippen molar-refractivity contribution in [1.82, 2.24) is 15.2 Å². The van der Waals surface area contributed by atoms with Crippen LogP contribution in [0, 0.1) is 5.92 Å². The number of carbonyl (C=O) groups excluding carboxylic acids is 1. The van der Waals surface area contributed by atoms with Gasteiger partial charge in [0.05, 0.1) is 21.8 Å². The number of nitrogens with zero attached hydrogens (tertiary/aromatic N) is 2. The van der Waals surface area contributed by atoms with Crippen LogP contribution in [-0.2, 0) is 11.3 Å². The molecule has 0 radical (unpaired) electrons. The predicted molar refractivity (Wildman–Crippen MR) is 105 cm³/mol. The van der Waals surface area contributed by atoms with E-state index in [4.69, 9.17) is 23.2 Å². The first-order valence-electron chi connectivity index (χ1n) is 8.87. The van der Waals surface area contributed by atoms with E-state index in [0.717, 1.165) is 38.2 Å². The predicted octanol–water partition coefficient (Wildman–Crippen LogP) is 4.48. The Kier molecular flexibility index (Phi) is 6.52. The summed E-state index contributed by atoms with van der Waals surface area (Å²) in [4.78, 5) is 18.5. The van der Waals surface area contributed by atoms with Crippen LogP contribution in [0.1, 0.15) is 37.1 Å². The molecule has 26 heavy (non-hydrogen) atoms. The third kappa shape index (κ3) is 4.97. The fourth-order valence-corrected chi connectivity index (χ4v) is 3.87. The molecular weight excluding hydrogens is 369 g/mol. The topological polar surface area (TPSA) is 45.2 Å². The molecule has 0 unspecified atom stereocenters. The molecular formula is C20H23Cl2N3O. The fraction of sp³-hybridized carbons (Fsp3) is 0.400. The van der Waals surface area contributed by atoms with Gasteiger partial charge in [0.25, 0.3) is 0 Å². The van der Waals surface area contributed by atoms with E-state index in [-0.39, 0.29) is 11.9 Å². The van der Waals surface area contributed by atoms with Gasteiger partial charge < -0.3 is 5.32 Å². The highest BCUT2D eigenvalue weighted by molar-refractivity contribution is 6.42. The molecule has 1 aliphatic rings. The van der Waals surface area contributed by atoms with Crippen molar-refractivity contribution in [1.29, 1.82) is 0 Å². The molecule has 138 valence electrons. The number of halogens is 2. The van der Waals surface area contributed by atoms with E-state index in [0.29, 0.717) is 16.0 Å². The van der Waals surface area contributed by atoms with Crippen LogP contribution in [0.25, 0.3) is 0 Å². The van der Waals surface area contributed by atoms with Gasteiger partial charge in [0.2, 0.25) is 5.91 Å². The summed E-state index contributed by atoms with van der Waals surface area (Å²) >= 11 is 12.1. The largest absolute Gasteiger partial charge is 0.348 e. The lowest BCUT2D eigenvalue weighted by atomic mass is 9.87. The Bertz CT molecular complexity index is 746. The molecule has 2 heterocycles. The summed E-state index contributed by atoms with van der Waals surface area (Å²) < 4.78 is 0. The zero-order valence-corrected chi connectivity index (χ0v) is 16.3.